The van der Waals surface area contributed by atoms with Crippen molar-refractivity contribution in [2.75, 3.05) is 26.0 Å². The lowest BCUT2D eigenvalue weighted by Gasteiger charge is -2.27. The summed E-state index contributed by atoms with van der Waals surface area (Å²) in [6.45, 7) is 1.06. The molecule has 6 heteroatoms. The molecule has 22 heavy (non-hydrogen) atoms. The number of hydrogen-bond donors (Lipinski definition) is 3. The second kappa shape index (κ2) is 7.63. The monoisotopic (exact) mass is 321 g/mol. The molecule has 0 saturated heterocycles. The van der Waals surface area contributed by atoms with E-state index in [9.17, 15) is 0 Å². The van der Waals surface area contributed by atoms with Crippen LogP contribution < -0.4 is 16.4 Å². The van der Waals surface area contributed by atoms with Crippen molar-refractivity contribution in [1.82, 2.24) is 10.2 Å². The van der Waals surface area contributed by atoms with E-state index in [-0.39, 0.29) is 0 Å². The first kappa shape index (κ1) is 16.8. The Morgan fingerprint density at radius 3 is 2.82 bits per heavy atom. The highest BCUT2D eigenvalue weighted by molar-refractivity contribution is 6.33. The van der Waals surface area contributed by atoms with E-state index in [1.54, 1.807) is 0 Å². The third-order valence-electron chi connectivity index (χ3n) is 3.47. The first-order chi connectivity index (χ1) is 10.5. The minimum Gasteiger partial charge on any atom is -0.333 e. The lowest BCUT2D eigenvalue weighted by atomic mass is 10.0. The molecule has 0 fully saturated rings. The number of nitrogens with one attached hydrogen (secondary N) is 2. The maximum absolute atomic E-state index is 6.36. The molecule has 1 aliphatic heterocycles. The lowest BCUT2D eigenvalue weighted by molar-refractivity contribution is 0.376. The number of aliphatic imine (C=N–C) groups is 1. The summed E-state index contributed by atoms with van der Waals surface area (Å²) in [7, 11) is 4.15. The van der Waals surface area contributed by atoms with Gasteiger partial charge in [0.05, 0.1) is 10.7 Å². The normalized spacial score (nSPS) is 20.7. The van der Waals surface area contributed by atoms with Gasteiger partial charge < -0.3 is 21.3 Å². The van der Waals surface area contributed by atoms with Gasteiger partial charge in [-0.1, -0.05) is 23.7 Å². The van der Waals surface area contributed by atoms with E-state index in [1.165, 1.54) is 0 Å². The van der Waals surface area contributed by atoms with Gasteiger partial charge in [-0.2, -0.15) is 0 Å². The van der Waals surface area contributed by atoms with Crippen LogP contribution >= 0.6 is 11.6 Å². The molecule has 1 atom stereocenters. The van der Waals surface area contributed by atoms with Crippen LogP contribution in [0.2, 0.25) is 5.02 Å². The second-order valence-electron chi connectivity index (χ2n) is 5.79. The maximum atomic E-state index is 6.36. The topological polar surface area (TPSA) is 65.7 Å². The molecule has 1 aliphatic rings. The van der Waals surface area contributed by atoms with E-state index < -0.39 is 5.66 Å². The average molecular weight is 322 g/mol. The zero-order valence-corrected chi connectivity index (χ0v) is 13.9. The summed E-state index contributed by atoms with van der Waals surface area (Å²) in [5, 5.41) is 6.90. The highest BCUT2D eigenvalue weighted by Gasteiger charge is 2.23. The van der Waals surface area contributed by atoms with E-state index in [0.29, 0.717) is 11.0 Å². The van der Waals surface area contributed by atoms with Crippen molar-refractivity contribution in [3.63, 3.8) is 0 Å². The third kappa shape index (κ3) is 5.02. The predicted molar refractivity (Wildman–Crippen MR) is 94.1 cm³/mol. The Bertz CT molecular complexity index is 555. The molecule has 1 aromatic rings. The number of benzene rings is 1. The smallest absolute Gasteiger partial charge is 0.202 e. The van der Waals surface area contributed by atoms with E-state index in [2.05, 4.69) is 34.6 Å². The predicted octanol–water partition coefficient (Wildman–Crippen LogP) is 2.61. The Morgan fingerprint density at radius 2 is 2.09 bits per heavy atom. The average Bonchev–Trinajstić information content (AvgIpc) is 2.46. The zero-order chi connectivity index (χ0) is 16.0. The molecule has 1 aromatic carbocycles. The van der Waals surface area contributed by atoms with Crippen LogP contribution in [-0.2, 0) is 0 Å². The number of anilines is 1. The molecule has 120 valence electrons. The van der Waals surface area contributed by atoms with Crippen molar-refractivity contribution in [1.29, 1.82) is 0 Å². The fourth-order valence-electron chi connectivity index (χ4n) is 2.27. The molecule has 0 spiro atoms. The molecular formula is C16H24ClN5. The Kier molecular flexibility index (Phi) is 5.83. The van der Waals surface area contributed by atoms with E-state index >= 15 is 0 Å². The quantitative estimate of drug-likeness (QED) is 0.705. The molecular weight excluding hydrogens is 298 g/mol. The number of guanidine groups is 1. The van der Waals surface area contributed by atoms with Crippen LogP contribution in [0.1, 0.15) is 19.3 Å². The molecule has 4 N–H and O–H groups in total. The molecule has 5 nitrogen and oxygen atoms in total. The van der Waals surface area contributed by atoms with Crippen LogP contribution in [0.5, 0.6) is 0 Å². The Morgan fingerprint density at radius 1 is 1.32 bits per heavy atom. The number of halogens is 1. The molecule has 0 aliphatic carbocycles. The highest BCUT2D eigenvalue weighted by Crippen LogP contribution is 2.22. The minimum absolute atomic E-state index is 0.616. The van der Waals surface area contributed by atoms with E-state index in [0.717, 1.165) is 31.5 Å². The van der Waals surface area contributed by atoms with Crippen LogP contribution in [0, 0.1) is 0 Å². The van der Waals surface area contributed by atoms with Crippen molar-refractivity contribution < 1.29 is 0 Å². The van der Waals surface area contributed by atoms with Gasteiger partial charge in [0.2, 0.25) is 5.96 Å². The van der Waals surface area contributed by atoms with Gasteiger partial charge in [-0.15, -0.1) is 0 Å². The molecule has 0 radical (unpaired) electrons. The van der Waals surface area contributed by atoms with Gasteiger partial charge in [0, 0.05) is 6.20 Å². The van der Waals surface area contributed by atoms with Crippen molar-refractivity contribution in [3.05, 3.63) is 41.6 Å². The lowest BCUT2D eigenvalue weighted by Crippen LogP contribution is -2.44. The summed E-state index contributed by atoms with van der Waals surface area (Å²) in [4.78, 5) is 6.76. The Labute approximate surface area is 137 Å². The largest absolute Gasteiger partial charge is 0.333 e. The minimum atomic E-state index is -0.666. The summed E-state index contributed by atoms with van der Waals surface area (Å²) < 4.78 is 0. The fraction of sp³-hybridized carbons (Fsp3) is 0.438. The van der Waals surface area contributed by atoms with E-state index in [1.807, 2.05) is 36.5 Å². The van der Waals surface area contributed by atoms with Crippen LogP contribution in [0.15, 0.2) is 41.5 Å². The summed E-state index contributed by atoms with van der Waals surface area (Å²) in [5.41, 5.74) is 6.50. The van der Waals surface area contributed by atoms with Crippen molar-refractivity contribution in [2.45, 2.75) is 24.9 Å². The molecule has 1 heterocycles. The number of hydrogen-bond acceptors (Lipinski definition) is 5. The number of para-hydroxylation sites is 1. The van der Waals surface area contributed by atoms with Gasteiger partial charge in [0.15, 0.2) is 0 Å². The standard InChI is InChI=1S/C16H24ClN5/c1-22(2)12-6-5-9-16(18)10-11-19-15(21-16)20-14-8-4-3-7-13(14)17/h3-4,7-8,10-11H,5-6,9,12,18H2,1-2H3,(H2,19,20,21). The van der Waals surface area contributed by atoms with Gasteiger partial charge >= 0.3 is 0 Å². The first-order valence-corrected chi connectivity index (χ1v) is 7.86. The number of unbranched alkanes of at least 4 members (excludes halogenated alkanes) is 1. The van der Waals surface area contributed by atoms with Gasteiger partial charge in [0.25, 0.3) is 0 Å². The summed E-state index contributed by atoms with van der Waals surface area (Å²) in [6, 6.07) is 7.55. The van der Waals surface area contributed by atoms with Crippen LogP contribution in [0.25, 0.3) is 0 Å². The van der Waals surface area contributed by atoms with Gasteiger partial charge in [-0.3, -0.25) is 0 Å². The summed E-state index contributed by atoms with van der Waals surface area (Å²) >= 11 is 6.15. The molecule has 2 rings (SSSR count). The van der Waals surface area contributed by atoms with Crippen molar-refractivity contribution in [2.24, 2.45) is 10.7 Å². The highest BCUT2D eigenvalue weighted by atomic mass is 35.5. The summed E-state index contributed by atoms with van der Waals surface area (Å²) in [6.07, 6.45) is 6.68. The second-order valence-corrected chi connectivity index (χ2v) is 6.20. The third-order valence-corrected chi connectivity index (χ3v) is 3.80. The molecule has 0 saturated carbocycles. The van der Waals surface area contributed by atoms with E-state index in [4.69, 9.17) is 17.3 Å². The van der Waals surface area contributed by atoms with Crippen molar-refractivity contribution in [3.8, 4) is 0 Å². The van der Waals surface area contributed by atoms with Gasteiger partial charge in [-0.25, -0.2) is 4.99 Å². The molecule has 0 bridgehead atoms. The van der Waals surface area contributed by atoms with Crippen LogP contribution in [0.4, 0.5) is 5.69 Å². The maximum Gasteiger partial charge on any atom is 0.202 e. The van der Waals surface area contributed by atoms with Crippen molar-refractivity contribution >= 4 is 23.2 Å². The van der Waals surface area contributed by atoms with Gasteiger partial charge in [0.1, 0.15) is 5.66 Å². The molecule has 0 aromatic heterocycles. The van der Waals surface area contributed by atoms with Crippen LogP contribution in [0.3, 0.4) is 0 Å². The zero-order valence-electron chi connectivity index (χ0n) is 13.1. The Balaban J connectivity index is 1.95. The number of nitrogens with zero attached hydrogens (tertiary/aromatic N) is 2. The SMILES string of the molecule is CN(C)CCCCC1(N)C=CNC(Nc2ccccc2Cl)=N1. The Hall–Kier alpha value is -1.56. The summed E-state index contributed by atoms with van der Waals surface area (Å²) in [5.74, 6) is 0.616. The van der Waals surface area contributed by atoms with Gasteiger partial charge in [-0.05, 0) is 58.1 Å². The molecule has 0 amide bonds. The fourth-order valence-corrected chi connectivity index (χ4v) is 2.46. The first-order valence-electron chi connectivity index (χ1n) is 7.48. The molecule has 1 unspecified atom stereocenters. The van der Waals surface area contributed by atoms with Crippen LogP contribution in [-0.4, -0.2) is 37.2 Å². The number of rotatable bonds is 6. The number of nitrogens with two attached hydrogens (primary N) is 1.